The molecule has 0 heterocycles. The van der Waals surface area contributed by atoms with Gasteiger partial charge in [-0.05, 0) is 67.4 Å². The Morgan fingerprint density at radius 1 is 1.00 bits per heavy atom. The molecule has 3 rings (SSSR count). The molecule has 1 N–H and O–H groups in total. The maximum absolute atomic E-state index is 12.5. The van der Waals surface area contributed by atoms with Crippen LogP contribution in [-0.2, 0) is 10.1 Å². The third-order valence-corrected chi connectivity index (χ3v) is 5.73. The number of amides is 1. The van der Waals surface area contributed by atoms with Gasteiger partial charge >= 0.3 is 10.1 Å². The molecule has 0 saturated heterocycles. The van der Waals surface area contributed by atoms with E-state index in [0.717, 1.165) is 5.56 Å². The van der Waals surface area contributed by atoms with E-state index in [1.54, 1.807) is 55.5 Å². The summed E-state index contributed by atoms with van der Waals surface area (Å²) in [4.78, 5) is 12.5. The Morgan fingerprint density at radius 3 is 2.45 bits per heavy atom. The lowest BCUT2D eigenvalue weighted by Crippen LogP contribution is -2.18. The lowest BCUT2D eigenvalue weighted by atomic mass is 10.1. The normalized spacial score (nSPS) is 11.2. The first-order chi connectivity index (χ1) is 15.8. The number of aryl methyl sites for hydroxylation is 1. The number of hydrogen-bond acceptors (Lipinski definition) is 7. The summed E-state index contributed by atoms with van der Waals surface area (Å²) in [7, 11) is -2.53. The summed E-state index contributed by atoms with van der Waals surface area (Å²) in [6, 6.07) is 17.7. The van der Waals surface area contributed by atoms with Crippen molar-refractivity contribution in [3.05, 3.63) is 83.4 Å². The van der Waals surface area contributed by atoms with Gasteiger partial charge in [-0.15, -0.1) is 0 Å². The van der Waals surface area contributed by atoms with Crippen LogP contribution >= 0.6 is 0 Å². The molecule has 3 aromatic carbocycles. The molecule has 0 unspecified atom stereocenters. The summed E-state index contributed by atoms with van der Waals surface area (Å²) in [5, 5.41) is 3.97. The topological polar surface area (TPSA) is 103 Å². The smallest absolute Gasteiger partial charge is 0.339 e. The molecular weight excluding hydrogens is 444 g/mol. The van der Waals surface area contributed by atoms with Gasteiger partial charge in [-0.1, -0.05) is 24.3 Å². The number of nitrogens with zero attached hydrogens (tertiary/aromatic N) is 1. The molecule has 8 nitrogen and oxygen atoms in total. The Hall–Kier alpha value is -3.85. The van der Waals surface area contributed by atoms with Gasteiger partial charge in [0.15, 0.2) is 11.5 Å². The second-order valence-corrected chi connectivity index (χ2v) is 8.44. The highest BCUT2D eigenvalue weighted by atomic mass is 32.2. The molecule has 33 heavy (non-hydrogen) atoms. The fraction of sp³-hybridized carbons (Fsp3) is 0.167. The van der Waals surface area contributed by atoms with Crippen LogP contribution in [-0.4, -0.2) is 34.3 Å². The second-order valence-electron chi connectivity index (χ2n) is 6.89. The van der Waals surface area contributed by atoms with Gasteiger partial charge in [-0.3, -0.25) is 4.79 Å². The van der Waals surface area contributed by atoms with Gasteiger partial charge in [0, 0.05) is 0 Å². The van der Waals surface area contributed by atoms with Crippen LogP contribution in [0.25, 0.3) is 0 Å². The largest absolute Gasteiger partial charge is 0.496 e. The molecule has 1 amide bonds. The van der Waals surface area contributed by atoms with Crippen molar-refractivity contribution in [3.63, 3.8) is 0 Å². The Labute approximate surface area is 192 Å². The number of benzene rings is 3. The van der Waals surface area contributed by atoms with Crippen molar-refractivity contribution in [2.24, 2.45) is 5.10 Å². The number of hydrazone groups is 1. The minimum absolute atomic E-state index is 0.0346. The van der Waals surface area contributed by atoms with Crippen molar-refractivity contribution in [2.45, 2.75) is 18.7 Å². The Balaban J connectivity index is 1.76. The van der Waals surface area contributed by atoms with E-state index < -0.39 is 16.0 Å². The third kappa shape index (κ3) is 6.11. The highest BCUT2D eigenvalue weighted by Crippen LogP contribution is 2.31. The first kappa shape index (κ1) is 23.8. The summed E-state index contributed by atoms with van der Waals surface area (Å²) in [6.45, 7) is 3.97. The zero-order chi connectivity index (χ0) is 23.8. The van der Waals surface area contributed by atoms with Crippen LogP contribution in [0.3, 0.4) is 0 Å². The molecule has 9 heteroatoms. The molecule has 0 aliphatic rings. The standard InChI is InChI=1S/C24H24N2O6S/c1-4-31-23-15-18(11-13-21(23)32-33(28,29)19-8-6-5-7-9-19)16-25-26-24(27)20-12-10-17(2)14-22(20)30-3/h5-16H,4H2,1-3H3,(H,26,27)/b25-16+. The van der Waals surface area contributed by atoms with Crippen LogP contribution < -0.4 is 19.1 Å². The summed E-state index contributed by atoms with van der Waals surface area (Å²) in [5.74, 6) is 0.295. The number of carbonyl (C=O) groups is 1. The van der Waals surface area contributed by atoms with Crippen LogP contribution in [0.5, 0.6) is 17.2 Å². The molecule has 0 spiro atoms. The van der Waals surface area contributed by atoms with Crippen LogP contribution in [0.15, 0.2) is 76.7 Å². The van der Waals surface area contributed by atoms with Gasteiger partial charge in [-0.25, -0.2) is 5.43 Å². The Bertz CT molecular complexity index is 1260. The lowest BCUT2D eigenvalue weighted by molar-refractivity contribution is 0.0952. The van der Waals surface area contributed by atoms with Gasteiger partial charge in [0.1, 0.15) is 10.6 Å². The average molecular weight is 469 g/mol. The number of ether oxygens (including phenoxy) is 2. The minimum Gasteiger partial charge on any atom is -0.496 e. The van der Waals surface area contributed by atoms with Crippen LogP contribution in [0, 0.1) is 6.92 Å². The number of hydrogen-bond donors (Lipinski definition) is 1. The first-order valence-corrected chi connectivity index (χ1v) is 11.5. The summed E-state index contributed by atoms with van der Waals surface area (Å²) in [6.07, 6.45) is 1.41. The molecule has 0 saturated carbocycles. The van der Waals surface area contributed by atoms with Crippen molar-refractivity contribution in [1.82, 2.24) is 5.43 Å². The molecule has 0 atom stereocenters. The number of rotatable bonds is 9. The highest BCUT2D eigenvalue weighted by molar-refractivity contribution is 7.87. The van der Waals surface area contributed by atoms with E-state index in [4.69, 9.17) is 13.7 Å². The fourth-order valence-electron chi connectivity index (χ4n) is 2.91. The molecule has 172 valence electrons. The van der Waals surface area contributed by atoms with Gasteiger partial charge in [-0.2, -0.15) is 13.5 Å². The van der Waals surface area contributed by atoms with Crippen molar-refractivity contribution >= 4 is 22.2 Å². The quantitative estimate of drug-likeness (QED) is 0.290. The fourth-order valence-corrected chi connectivity index (χ4v) is 3.87. The summed E-state index contributed by atoms with van der Waals surface area (Å²) < 4.78 is 41.1. The molecule has 0 aromatic heterocycles. The zero-order valence-corrected chi connectivity index (χ0v) is 19.3. The van der Waals surface area contributed by atoms with E-state index in [-0.39, 0.29) is 16.4 Å². The number of methoxy groups -OCH3 is 1. The number of carbonyl (C=O) groups excluding carboxylic acids is 1. The molecule has 0 fully saturated rings. The zero-order valence-electron chi connectivity index (χ0n) is 18.4. The van der Waals surface area contributed by atoms with E-state index in [1.165, 1.54) is 31.5 Å². The van der Waals surface area contributed by atoms with Gasteiger partial charge in [0.25, 0.3) is 5.91 Å². The van der Waals surface area contributed by atoms with E-state index in [9.17, 15) is 13.2 Å². The number of nitrogens with one attached hydrogen (secondary N) is 1. The Kier molecular flexibility index (Phi) is 7.68. The summed E-state index contributed by atoms with van der Waals surface area (Å²) >= 11 is 0. The van der Waals surface area contributed by atoms with Crippen LogP contribution in [0.1, 0.15) is 28.4 Å². The average Bonchev–Trinajstić information content (AvgIpc) is 2.81. The van der Waals surface area contributed by atoms with Crippen molar-refractivity contribution in [1.29, 1.82) is 0 Å². The third-order valence-electron chi connectivity index (χ3n) is 4.48. The minimum atomic E-state index is -4.02. The summed E-state index contributed by atoms with van der Waals surface area (Å²) in [5.41, 5.74) is 4.34. The molecular formula is C24H24N2O6S. The highest BCUT2D eigenvalue weighted by Gasteiger charge is 2.19. The van der Waals surface area contributed by atoms with E-state index >= 15 is 0 Å². The first-order valence-electron chi connectivity index (χ1n) is 10.1. The lowest BCUT2D eigenvalue weighted by Gasteiger charge is -2.12. The monoisotopic (exact) mass is 468 g/mol. The maximum atomic E-state index is 12.5. The van der Waals surface area contributed by atoms with E-state index in [0.29, 0.717) is 23.5 Å². The van der Waals surface area contributed by atoms with Crippen molar-refractivity contribution in [2.75, 3.05) is 13.7 Å². The predicted octanol–water partition coefficient (Wildman–Crippen LogP) is 3.93. The molecule has 0 radical (unpaired) electrons. The Morgan fingerprint density at radius 2 is 1.76 bits per heavy atom. The molecule has 0 aliphatic heterocycles. The van der Waals surface area contributed by atoms with E-state index in [2.05, 4.69) is 10.5 Å². The molecule has 0 bridgehead atoms. The predicted molar refractivity (Wildman–Crippen MR) is 125 cm³/mol. The van der Waals surface area contributed by atoms with Crippen molar-refractivity contribution in [3.8, 4) is 17.2 Å². The second kappa shape index (κ2) is 10.6. The maximum Gasteiger partial charge on any atom is 0.339 e. The van der Waals surface area contributed by atoms with Crippen LogP contribution in [0.2, 0.25) is 0 Å². The van der Waals surface area contributed by atoms with Crippen LogP contribution in [0.4, 0.5) is 0 Å². The van der Waals surface area contributed by atoms with Gasteiger partial charge in [0.05, 0.1) is 25.5 Å². The van der Waals surface area contributed by atoms with Gasteiger partial charge < -0.3 is 13.7 Å². The van der Waals surface area contributed by atoms with Gasteiger partial charge in [0.2, 0.25) is 0 Å². The molecule has 0 aliphatic carbocycles. The SMILES string of the molecule is CCOc1cc(/C=N/NC(=O)c2ccc(C)cc2OC)ccc1OS(=O)(=O)c1ccccc1. The van der Waals surface area contributed by atoms with E-state index in [1.807, 2.05) is 6.92 Å². The molecule has 3 aromatic rings. The van der Waals surface area contributed by atoms with Crippen molar-refractivity contribution < 1.29 is 26.9 Å².